The van der Waals surface area contributed by atoms with Crippen LogP contribution >= 0.6 is 11.6 Å². The molecule has 0 spiro atoms. The fourth-order valence-electron chi connectivity index (χ4n) is 1.17. The fourth-order valence-corrected chi connectivity index (χ4v) is 1.36. The van der Waals surface area contributed by atoms with Crippen molar-refractivity contribution in [3.63, 3.8) is 0 Å². The lowest BCUT2D eigenvalue weighted by atomic mass is 10.1. The van der Waals surface area contributed by atoms with E-state index in [9.17, 15) is 18.0 Å². The van der Waals surface area contributed by atoms with Crippen molar-refractivity contribution in [1.82, 2.24) is 4.98 Å². The molecule has 3 nitrogen and oxygen atoms in total. The van der Waals surface area contributed by atoms with Crippen molar-refractivity contribution in [2.24, 2.45) is 0 Å². The molecule has 16 heavy (non-hydrogen) atoms. The van der Waals surface area contributed by atoms with Gasteiger partial charge in [0.15, 0.2) is 5.69 Å². The van der Waals surface area contributed by atoms with Gasteiger partial charge in [-0.2, -0.15) is 13.2 Å². The number of methoxy groups -OCH3 is 1. The van der Waals surface area contributed by atoms with Crippen LogP contribution < -0.4 is 0 Å². The highest BCUT2D eigenvalue weighted by Crippen LogP contribution is 2.34. The Hall–Kier alpha value is -1.30. The number of carbonyl (C=O) groups excluding carboxylic acids is 1. The molecule has 0 aromatic carbocycles. The minimum absolute atomic E-state index is 0.302. The average Bonchev–Trinajstić information content (AvgIpc) is 2.18. The average molecular weight is 254 g/mol. The van der Waals surface area contributed by atoms with Gasteiger partial charge in [-0.25, -0.2) is 9.78 Å². The number of nitrogens with zero attached hydrogens (tertiary/aromatic N) is 1. The van der Waals surface area contributed by atoms with Crippen LogP contribution in [0, 0.1) is 6.92 Å². The Kier molecular flexibility index (Phi) is 3.42. The Morgan fingerprint density at radius 1 is 1.50 bits per heavy atom. The number of aromatic nitrogens is 1. The Morgan fingerprint density at radius 3 is 2.50 bits per heavy atom. The Balaban J connectivity index is 3.44. The topological polar surface area (TPSA) is 39.2 Å². The van der Waals surface area contributed by atoms with E-state index in [0.29, 0.717) is 6.07 Å². The molecule has 0 amide bonds. The van der Waals surface area contributed by atoms with Crippen molar-refractivity contribution in [1.29, 1.82) is 0 Å². The SMILES string of the molecule is COC(=O)c1nc(Cl)cc(C(F)(F)F)c1C. The normalized spacial score (nSPS) is 11.4. The van der Waals surface area contributed by atoms with Gasteiger partial charge in [0, 0.05) is 0 Å². The number of rotatable bonds is 1. The van der Waals surface area contributed by atoms with Gasteiger partial charge in [0.1, 0.15) is 5.15 Å². The van der Waals surface area contributed by atoms with E-state index in [1.54, 1.807) is 0 Å². The lowest BCUT2D eigenvalue weighted by Crippen LogP contribution is -2.14. The van der Waals surface area contributed by atoms with Gasteiger partial charge in [0.2, 0.25) is 0 Å². The molecule has 0 saturated heterocycles. The van der Waals surface area contributed by atoms with Crippen LogP contribution in [-0.4, -0.2) is 18.1 Å². The summed E-state index contributed by atoms with van der Waals surface area (Å²) in [5, 5.41) is -0.404. The molecule has 0 radical (unpaired) electrons. The van der Waals surface area contributed by atoms with Gasteiger partial charge in [0.25, 0.3) is 0 Å². The molecule has 88 valence electrons. The first kappa shape index (κ1) is 12.8. The molecule has 0 saturated carbocycles. The van der Waals surface area contributed by atoms with Gasteiger partial charge in [-0.3, -0.25) is 0 Å². The predicted molar refractivity (Wildman–Crippen MR) is 50.3 cm³/mol. The number of carbonyl (C=O) groups is 1. The third kappa shape index (κ3) is 2.44. The number of halogens is 4. The van der Waals surface area contributed by atoms with Crippen LogP contribution in [0.1, 0.15) is 21.6 Å². The van der Waals surface area contributed by atoms with Crippen LogP contribution in [0.5, 0.6) is 0 Å². The van der Waals surface area contributed by atoms with Crippen LogP contribution in [0.3, 0.4) is 0 Å². The number of hydrogen-bond acceptors (Lipinski definition) is 3. The van der Waals surface area contributed by atoms with Gasteiger partial charge in [-0.1, -0.05) is 11.6 Å². The summed E-state index contributed by atoms with van der Waals surface area (Å²) in [7, 11) is 1.05. The zero-order valence-corrected chi connectivity index (χ0v) is 9.11. The summed E-state index contributed by atoms with van der Waals surface area (Å²) < 4.78 is 41.9. The minimum Gasteiger partial charge on any atom is -0.464 e. The van der Waals surface area contributed by atoms with Gasteiger partial charge in [-0.15, -0.1) is 0 Å². The van der Waals surface area contributed by atoms with Crippen LogP contribution in [0.4, 0.5) is 13.2 Å². The first-order valence-corrected chi connectivity index (χ1v) is 4.47. The van der Waals surface area contributed by atoms with E-state index in [2.05, 4.69) is 9.72 Å². The monoisotopic (exact) mass is 253 g/mol. The summed E-state index contributed by atoms with van der Waals surface area (Å²) in [6.45, 7) is 1.14. The van der Waals surface area contributed by atoms with E-state index in [4.69, 9.17) is 11.6 Å². The zero-order valence-electron chi connectivity index (χ0n) is 8.35. The van der Waals surface area contributed by atoms with Gasteiger partial charge in [-0.05, 0) is 18.6 Å². The highest BCUT2D eigenvalue weighted by Gasteiger charge is 2.35. The summed E-state index contributed by atoms with van der Waals surface area (Å²) in [5.74, 6) is -0.953. The van der Waals surface area contributed by atoms with Crippen LogP contribution in [0.25, 0.3) is 0 Å². The highest BCUT2D eigenvalue weighted by molar-refractivity contribution is 6.29. The second kappa shape index (κ2) is 4.29. The molecule has 0 fully saturated rings. The summed E-state index contributed by atoms with van der Waals surface area (Å²) >= 11 is 5.41. The number of alkyl halides is 3. The standard InChI is InChI=1S/C9H7ClF3NO2/c1-4-5(9(11,12)13)3-6(10)14-7(4)8(15)16-2/h3H,1-2H3. The first-order valence-electron chi connectivity index (χ1n) is 4.10. The van der Waals surface area contributed by atoms with E-state index in [1.165, 1.54) is 0 Å². The Morgan fingerprint density at radius 2 is 2.06 bits per heavy atom. The molecular weight excluding hydrogens is 247 g/mol. The summed E-state index contributed by atoms with van der Waals surface area (Å²) in [5.41, 5.74) is -1.72. The maximum Gasteiger partial charge on any atom is 0.416 e. The minimum atomic E-state index is -4.58. The maximum absolute atomic E-state index is 12.5. The molecule has 0 aliphatic carbocycles. The van der Waals surface area contributed by atoms with E-state index in [0.717, 1.165) is 14.0 Å². The number of pyridine rings is 1. The molecule has 0 N–H and O–H groups in total. The summed E-state index contributed by atoms with van der Waals surface area (Å²) in [4.78, 5) is 14.7. The van der Waals surface area contributed by atoms with Gasteiger partial charge < -0.3 is 4.74 Å². The van der Waals surface area contributed by atoms with Crippen molar-refractivity contribution >= 4 is 17.6 Å². The van der Waals surface area contributed by atoms with Crippen molar-refractivity contribution in [2.45, 2.75) is 13.1 Å². The lowest BCUT2D eigenvalue weighted by Gasteiger charge is -2.12. The molecule has 0 unspecified atom stereocenters. The molecule has 0 bridgehead atoms. The number of ether oxygens (including phenoxy) is 1. The van der Waals surface area contributed by atoms with E-state index in [-0.39, 0.29) is 5.56 Å². The Bertz CT molecular complexity index is 431. The second-order valence-corrected chi connectivity index (χ2v) is 3.34. The fraction of sp³-hybridized carbons (Fsp3) is 0.333. The molecule has 1 aromatic heterocycles. The smallest absolute Gasteiger partial charge is 0.416 e. The van der Waals surface area contributed by atoms with Crippen molar-refractivity contribution in [3.8, 4) is 0 Å². The van der Waals surface area contributed by atoms with Crippen LogP contribution in [0.2, 0.25) is 5.15 Å². The molecule has 1 rings (SSSR count). The van der Waals surface area contributed by atoms with Gasteiger partial charge in [0.05, 0.1) is 12.7 Å². The van der Waals surface area contributed by atoms with Crippen molar-refractivity contribution in [2.75, 3.05) is 7.11 Å². The Labute approximate surface area is 94.2 Å². The zero-order chi connectivity index (χ0) is 12.5. The quantitative estimate of drug-likeness (QED) is 0.571. The van der Waals surface area contributed by atoms with Crippen LogP contribution in [0.15, 0.2) is 6.07 Å². The third-order valence-electron chi connectivity index (χ3n) is 1.93. The predicted octanol–water partition coefficient (Wildman–Crippen LogP) is 2.85. The highest BCUT2D eigenvalue weighted by atomic mass is 35.5. The lowest BCUT2D eigenvalue weighted by molar-refractivity contribution is -0.138. The van der Waals surface area contributed by atoms with E-state index in [1.807, 2.05) is 0 Å². The van der Waals surface area contributed by atoms with Crippen LogP contribution in [-0.2, 0) is 10.9 Å². The van der Waals surface area contributed by atoms with Gasteiger partial charge >= 0.3 is 12.1 Å². The summed E-state index contributed by atoms with van der Waals surface area (Å²) in [6, 6.07) is 0.670. The van der Waals surface area contributed by atoms with E-state index >= 15 is 0 Å². The largest absolute Gasteiger partial charge is 0.464 e. The summed E-state index contributed by atoms with van der Waals surface area (Å²) in [6.07, 6.45) is -4.58. The first-order chi connectivity index (χ1) is 7.27. The molecule has 0 atom stereocenters. The molecule has 1 heterocycles. The van der Waals surface area contributed by atoms with E-state index < -0.39 is 28.6 Å². The van der Waals surface area contributed by atoms with Crippen molar-refractivity contribution < 1.29 is 22.7 Å². The molecule has 0 aliphatic heterocycles. The van der Waals surface area contributed by atoms with Crippen molar-refractivity contribution in [3.05, 3.63) is 28.0 Å². The molecular formula is C9H7ClF3NO2. The number of esters is 1. The molecule has 1 aromatic rings. The maximum atomic E-state index is 12.5. The third-order valence-corrected chi connectivity index (χ3v) is 2.12. The molecule has 0 aliphatic rings. The second-order valence-electron chi connectivity index (χ2n) is 2.96. The number of hydrogen-bond donors (Lipinski definition) is 0. The molecule has 7 heteroatoms.